The van der Waals surface area contributed by atoms with Crippen molar-refractivity contribution in [3.63, 3.8) is 0 Å². The van der Waals surface area contributed by atoms with Crippen LogP contribution in [0.15, 0.2) is 23.5 Å². The highest BCUT2D eigenvalue weighted by Gasteiger charge is 2.05. The molecule has 0 spiro atoms. The van der Waals surface area contributed by atoms with Gasteiger partial charge in [-0.25, -0.2) is 0 Å². The molecule has 1 aromatic rings. The Bertz CT molecular complexity index is 378. The number of pyridine rings is 1. The molecule has 0 atom stereocenters. The molecule has 86 valence electrons. The zero-order valence-electron chi connectivity index (χ0n) is 9.36. The molecule has 2 rings (SSSR count). The number of ether oxygens (including phenoxy) is 1. The van der Waals surface area contributed by atoms with Crippen LogP contribution in [0.2, 0.25) is 0 Å². The van der Waals surface area contributed by atoms with Crippen LogP contribution in [0, 0.1) is 0 Å². The smallest absolute Gasteiger partial charge is 0.191 e. The number of hydrogen-bond donors (Lipinski definition) is 2. The molecule has 2 heterocycles. The van der Waals surface area contributed by atoms with Gasteiger partial charge in [-0.05, 0) is 12.5 Å². The summed E-state index contributed by atoms with van der Waals surface area (Å²) in [5.74, 6) is 1.70. The lowest BCUT2D eigenvalue weighted by atomic mass is 10.2. The maximum absolute atomic E-state index is 5.24. The lowest BCUT2D eigenvalue weighted by molar-refractivity contribution is 0.408. The van der Waals surface area contributed by atoms with E-state index in [1.807, 2.05) is 6.07 Å². The second kappa shape index (κ2) is 5.34. The van der Waals surface area contributed by atoms with Crippen molar-refractivity contribution >= 4 is 5.96 Å². The number of aliphatic imine (C=N–C) groups is 1. The van der Waals surface area contributed by atoms with Gasteiger partial charge in [-0.2, -0.15) is 0 Å². The van der Waals surface area contributed by atoms with E-state index in [2.05, 4.69) is 20.6 Å². The summed E-state index contributed by atoms with van der Waals surface area (Å²) in [5.41, 5.74) is 1.03. The molecule has 0 aromatic carbocycles. The zero-order chi connectivity index (χ0) is 11.2. The third-order valence-electron chi connectivity index (χ3n) is 2.42. The summed E-state index contributed by atoms with van der Waals surface area (Å²) in [6.07, 6.45) is 4.62. The number of methoxy groups -OCH3 is 1. The second-order valence-corrected chi connectivity index (χ2v) is 3.55. The average Bonchev–Trinajstić information content (AvgIpc) is 2.38. The van der Waals surface area contributed by atoms with Gasteiger partial charge < -0.3 is 15.4 Å². The summed E-state index contributed by atoms with van der Waals surface area (Å²) >= 11 is 0. The minimum absolute atomic E-state index is 0.669. The van der Waals surface area contributed by atoms with Gasteiger partial charge in [0.15, 0.2) is 5.96 Å². The van der Waals surface area contributed by atoms with Crippen molar-refractivity contribution in [3.8, 4) is 5.75 Å². The first-order valence-electron chi connectivity index (χ1n) is 5.39. The van der Waals surface area contributed by atoms with Crippen molar-refractivity contribution < 1.29 is 4.74 Å². The Hall–Kier alpha value is -1.78. The quantitative estimate of drug-likeness (QED) is 0.780. The van der Waals surface area contributed by atoms with Crippen LogP contribution >= 0.6 is 0 Å². The normalized spacial score (nSPS) is 14.9. The summed E-state index contributed by atoms with van der Waals surface area (Å²) < 4.78 is 5.24. The van der Waals surface area contributed by atoms with Gasteiger partial charge in [-0.15, -0.1) is 0 Å². The summed E-state index contributed by atoms with van der Waals surface area (Å²) in [4.78, 5) is 8.41. The van der Waals surface area contributed by atoms with E-state index in [0.29, 0.717) is 6.54 Å². The zero-order valence-corrected chi connectivity index (χ0v) is 9.36. The Labute approximate surface area is 94.9 Å². The largest absolute Gasteiger partial charge is 0.496 e. The van der Waals surface area contributed by atoms with E-state index in [1.165, 1.54) is 0 Å². The molecule has 0 saturated heterocycles. The van der Waals surface area contributed by atoms with Gasteiger partial charge in [0, 0.05) is 37.6 Å². The van der Waals surface area contributed by atoms with Gasteiger partial charge in [-0.3, -0.25) is 9.98 Å². The number of nitrogens with one attached hydrogen (secondary N) is 2. The van der Waals surface area contributed by atoms with Crippen LogP contribution in [-0.4, -0.2) is 31.1 Å². The maximum atomic E-state index is 5.24. The van der Waals surface area contributed by atoms with Crippen LogP contribution in [0.4, 0.5) is 0 Å². The molecule has 5 nitrogen and oxygen atoms in total. The molecule has 1 aromatic heterocycles. The van der Waals surface area contributed by atoms with E-state index in [-0.39, 0.29) is 0 Å². The van der Waals surface area contributed by atoms with Crippen molar-refractivity contribution in [2.75, 3.05) is 20.2 Å². The van der Waals surface area contributed by atoms with E-state index >= 15 is 0 Å². The van der Waals surface area contributed by atoms with Crippen LogP contribution < -0.4 is 15.4 Å². The van der Waals surface area contributed by atoms with E-state index in [9.17, 15) is 0 Å². The number of nitrogens with zero attached hydrogens (tertiary/aromatic N) is 2. The predicted molar refractivity (Wildman–Crippen MR) is 62.6 cm³/mol. The minimum Gasteiger partial charge on any atom is -0.496 e. The second-order valence-electron chi connectivity index (χ2n) is 3.55. The standard InChI is InChI=1S/C11H16N4O/c1-16-10-3-6-12-7-9(10)8-15-11-13-4-2-5-14-11/h3,6-7H,2,4-5,8H2,1H3,(H2,13,14,15). The van der Waals surface area contributed by atoms with Crippen LogP contribution in [0.5, 0.6) is 5.75 Å². The predicted octanol–water partition coefficient (Wildman–Crippen LogP) is 0.529. The first kappa shape index (κ1) is 10.7. The Morgan fingerprint density at radius 1 is 1.56 bits per heavy atom. The van der Waals surface area contributed by atoms with E-state index < -0.39 is 0 Å². The van der Waals surface area contributed by atoms with Gasteiger partial charge in [0.25, 0.3) is 0 Å². The Balaban J connectivity index is 1.96. The highest BCUT2D eigenvalue weighted by molar-refractivity contribution is 5.80. The number of guanidine groups is 1. The molecular weight excluding hydrogens is 204 g/mol. The van der Waals surface area contributed by atoms with Crippen molar-refractivity contribution in [1.82, 2.24) is 15.6 Å². The SMILES string of the molecule is COc1ccncc1CNC1=NCCCN1. The molecular formula is C11H16N4O. The van der Waals surface area contributed by atoms with Gasteiger partial charge in [-0.1, -0.05) is 0 Å². The average molecular weight is 220 g/mol. The molecule has 0 unspecified atom stereocenters. The summed E-state index contributed by atoms with van der Waals surface area (Å²) in [6, 6.07) is 1.85. The van der Waals surface area contributed by atoms with Crippen LogP contribution in [0.3, 0.4) is 0 Å². The third kappa shape index (κ3) is 2.62. The first-order chi connectivity index (χ1) is 7.90. The molecule has 16 heavy (non-hydrogen) atoms. The van der Waals surface area contributed by atoms with Crippen LogP contribution in [0.25, 0.3) is 0 Å². The number of aromatic nitrogens is 1. The maximum Gasteiger partial charge on any atom is 0.191 e. The lowest BCUT2D eigenvalue weighted by Crippen LogP contribution is -2.40. The fourth-order valence-corrected chi connectivity index (χ4v) is 1.58. The molecule has 0 radical (unpaired) electrons. The Morgan fingerprint density at radius 3 is 3.25 bits per heavy atom. The van der Waals surface area contributed by atoms with E-state index in [0.717, 1.165) is 36.8 Å². The molecule has 0 saturated carbocycles. The van der Waals surface area contributed by atoms with Crippen LogP contribution in [-0.2, 0) is 6.54 Å². The van der Waals surface area contributed by atoms with Crippen molar-refractivity contribution in [2.24, 2.45) is 4.99 Å². The molecule has 1 aliphatic rings. The van der Waals surface area contributed by atoms with Gasteiger partial charge in [0.2, 0.25) is 0 Å². The van der Waals surface area contributed by atoms with Crippen LogP contribution in [0.1, 0.15) is 12.0 Å². The summed E-state index contributed by atoms with van der Waals surface area (Å²) in [7, 11) is 1.66. The number of rotatable bonds is 3. The molecule has 0 aliphatic carbocycles. The molecule has 2 N–H and O–H groups in total. The lowest BCUT2D eigenvalue weighted by Gasteiger charge is -2.16. The molecule has 0 amide bonds. The topological polar surface area (TPSA) is 58.5 Å². The fraction of sp³-hybridized carbons (Fsp3) is 0.455. The van der Waals surface area contributed by atoms with Crippen molar-refractivity contribution in [1.29, 1.82) is 0 Å². The first-order valence-corrected chi connectivity index (χ1v) is 5.39. The van der Waals surface area contributed by atoms with Gasteiger partial charge in [0.1, 0.15) is 5.75 Å². The van der Waals surface area contributed by atoms with E-state index in [4.69, 9.17) is 4.74 Å². The fourth-order valence-electron chi connectivity index (χ4n) is 1.58. The Kier molecular flexibility index (Phi) is 3.58. The Morgan fingerprint density at radius 2 is 2.50 bits per heavy atom. The molecule has 1 aliphatic heterocycles. The van der Waals surface area contributed by atoms with Crippen molar-refractivity contribution in [3.05, 3.63) is 24.0 Å². The monoisotopic (exact) mass is 220 g/mol. The highest BCUT2D eigenvalue weighted by Crippen LogP contribution is 2.15. The van der Waals surface area contributed by atoms with Gasteiger partial charge in [0.05, 0.1) is 7.11 Å². The van der Waals surface area contributed by atoms with Gasteiger partial charge >= 0.3 is 0 Å². The molecule has 5 heteroatoms. The highest BCUT2D eigenvalue weighted by atomic mass is 16.5. The summed E-state index contributed by atoms with van der Waals surface area (Å²) in [6.45, 7) is 2.54. The number of hydrogen-bond acceptors (Lipinski definition) is 5. The minimum atomic E-state index is 0.669. The van der Waals surface area contributed by atoms with Crippen molar-refractivity contribution in [2.45, 2.75) is 13.0 Å². The molecule has 0 bridgehead atoms. The summed E-state index contributed by atoms with van der Waals surface area (Å²) in [5, 5.41) is 6.44. The van der Waals surface area contributed by atoms with E-state index in [1.54, 1.807) is 19.5 Å². The third-order valence-corrected chi connectivity index (χ3v) is 2.42. The molecule has 0 fully saturated rings.